The molecule has 3 atom stereocenters. The maximum Gasteiger partial charge on any atom is 0.217 e. The molecule has 2 aliphatic rings. The molecule has 1 aliphatic carbocycles. The van der Waals surface area contributed by atoms with Crippen molar-refractivity contribution in [2.45, 2.75) is 127 Å². The average Bonchev–Trinajstić information content (AvgIpc) is 3.36. The van der Waals surface area contributed by atoms with Crippen molar-refractivity contribution in [1.82, 2.24) is 24.4 Å². The van der Waals surface area contributed by atoms with Crippen molar-refractivity contribution in [3.05, 3.63) is 23.4 Å². The molecular weight excluding hydrogens is 663 g/mol. The number of amides is 1. The number of aromatic nitrogens is 1. The van der Waals surface area contributed by atoms with Crippen LogP contribution in [0.25, 0.3) is 10.9 Å². The molecule has 16 heteroatoms. The molecule has 1 amide bonds. The lowest BCUT2D eigenvalue weighted by molar-refractivity contribution is -0.120. The number of piperidine rings is 1. The minimum Gasteiger partial charge on any atom is -0.784 e. The fraction of sp³-hybridized carbons (Fsp3) is 0.742. The fourth-order valence-corrected chi connectivity index (χ4v) is 9.93. The highest BCUT2D eigenvalue weighted by Gasteiger charge is 2.41. The van der Waals surface area contributed by atoms with Gasteiger partial charge in [-0.05, 0) is 115 Å². The zero-order valence-corrected chi connectivity index (χ0v) is 31.0. The molecule has 1 aliphatic heterocycles. The van der Waals surface area contributed by atoms with Crippen molar-refractivity contribution in [2.75, 3.05) is 25.1 Å². The molecule has 264 valence electrons. The van der Waals surface area contributed by atoms with Crippen LogP contribution < -0.4 is 10.0 Å². The smallest absolute Gasteiger partial charge is 0.217 e. The molecule has 2 aromatic rings. The Balaban J connectivity index is 1.33. The van der Waals surface area contributed by atoms with Crippen LogP contribution in [0.15, 0.2) is 33.3 Å². The van der Waals surface area contributed by atoms with E-state index in [0.29, 0.717) is 54.4 Å². The van der Waals surface area contributed by atoms with Crippen molar-refractivity contribution in [1.29, 1.82) is 0 Å². The zero-order valence-electron chi connectivity index (χ0n) is 28.5. The Bertz CT molecular complexity index is 1640. The van der Waals surface area contributed by atoms with Gasteiger partial charge in [0.15, 0.2) is 14.8 Å². The minimum atomic E-state index is -3.50. The summed E-state index contributed by atoms with van der Waals surface area (Å²) in [5.74, 6) is -0.117. The number of benzene rings is 1. The van der Waals surface area contributed by atoms with E-state index in [9.17, 15) is 26.8 Å². The van der Waals surface area contributed by atoms with E-state index in [1.165, 1.54) is 13.0 Å². The lowest BCUT2D eigenvalue weighted by Gasteiger charge is -2.59. The van der Waals surface area contributed by atoms with E-state index in [1.54, 1.807) is 12.1 Å². The number of nitrogens with one attached hydrogen (secondary N) is 2. The molecule has 13 nitrogen and oxygen atoms in total. The van der Waals surface area contributed by atoms with E-state index in [2.05, 4.69) is 36.5 Å². The summed E-state index contributed by atoms with van der Waals surface area (Å²) >= 11 is 1.15. The number of fused-ring (bicyclic) bond motifs is 1. The molecule has 1 saturated carbocycles. The Hall–Kier alpha value is -2.08. The summed E-state index contributed by atoms with van der Waals surface area (Å²) in [6, 6.07) is 4.21. The number of hydrogen-bond donors (Lipinski definition) is 2. The fourth-order valence-electron chi connectivity index (χ4n) is 7.22. The van der Waals surface area contributed by atoms with Crippen LogP contribution in [0.1, 0.15) is 86.5 Å². The Morgan fingerprint density at radius 3 is 2.43 bits per heavy atom. The van der Waals surface area contributed by atoms with Crippen molar-refractivity contribution < 1.29 is 21.6 Å². The number of sulfonamides is 1. The number of rotatable bonds is 13. The van der Waals surface area contributed by atoms with Crippen LogP contribution in [-0.4, -0.2) is 97.4 Å². The molecule has 2 heterocycles. The van der Waals surface area contributed by atoms with E-state index in [-0.39, 0.29) is 40.7 Å². The second-order valence-electron chi connectivity index (χ2n) is 14.3. The maximum absolute atomic E-state index is 13.0. The van der Waals surface area contributed by atoms with Gasteiger partial charge in [0.25, 0.3) is 0 Å². The molecular formula is C31H50N7O6S3-. The highest BCUT2D eigenvalue weighted by atomic mass is 32.2. The number of carbonyl (C=O) groups excluding carboxylic acids is 1. The summed E-state index contributed by atoms with van der Waals surface area (Å²) in [7, 11) is -6.89. The van der Waals surface area contributed by atoms with Crippen LogP contribution in [0.2, 0.25) is 0 Å². The van der Waals surface area contributed by atoms with Gasteiger partial charge in [-0.1, -0.05) is 6.92 Å². The van der Waals surface area contributed by atoms with Gasteiger partial charge < -0.3 is 20.5 Å². The molecule has 47 heavy (non-hydrogen) atoms. The van der Waals surface area contributed by atoms with E-state index in [1.807, 2.05) is 27.7 Å². The summed E-state index contributed by atoms with van der Waals surface area (Å²) < 4.78 is 57.3. The monoisotopic (exact) mass is 712 g/mol. The standard InChI is InChI=1S/C31H50N7O6S3/c1-8-37(15-9-10-16-47(43,44)36-22-19-30(3,4)38(40)31(5,6)20-22)23-11-13-27(28(17-23)32-21(2)39)33-34-29-25-18-24(46(7,41)42)12-14-26(25)35-45-29/h12,14,18,22-23,27-28,36H,8-11,13,15-17,19-20H2,1-7H3,(H,32,39)/q-1. The van der Waals surface area contributed by atoms with Crippen LogP contribution >= 0.6 is 11.5 Å². The maximum atomic E-state index is 13.0. The third-order valence-electron chi connectivity index (χ3n) is 9.30. The van der Waals surface area contributed by atoms with Gasteiger partial charge in [0.1, 0.15) is 0 Å². The van der Waals surface area contributed by atoms with Crippen LogP contribution in [0, 0.1) is 5.21 Å². The first-order chi connectivity index (χ1) is 21.8. The first kappa shape index (κ1) is 37.7. The summed E-state index contributed by atoms with van der Waals surface area (Å²) in [6.45, 7) is 12.5. The van der Waals surface area contributed by atoms with Gasteiger partial charge in [0.05, 0.1) is 28.2 Å². The molecule has 1 saturated heterocycles. The van der Waals surface area contributed by atoms with Crippen molar-refractivity contribution >= 4 is 53.2 Å². The van der Waals surface area contributed by atoms with Crippen molar-refractivity contribution in [3.8, 4) is 0 Å². The number of sulfone groups is 1. The third kappa shape index (κ3) is 9.76. The molecule has 1 aromatic heterocycles. The Kier molecular flexibility index (Phi) is 11.9. The second kappa shape index (κ2) is 14.8. The lowest BCUT2D eigenvalue weighted by Crippen LogP contribution is -2.62. The third-order valence-corrected chi connectivity index (χ3v) is 12.7. The zero-order chi connectivity index (χ0) is 34.8. The number of hydrogen-bond acceptors (Lipinski definition) is 12. The molecule has 4 rings (SSSR count). The highest BCUT2D eigenvalue weighted by Crippen LogP contribution is 2.38. The van der Waals surface area contributed by atoms with E-state index < -0.39 is 30.9 Å². The first-order valence-electron chi connectivity index (χ1n) is 16.3. The molecule has 0 radical (unpaired) electrons. The molecule has 1 aromatic carbocycles. The molecule has 3 unspecified atom stereocenters. The van der Waals surface area contributed by atoms with E-state index >= 15 is 0 Å². The number of azo groups is 1. The quantitative estimate of drug-likeness (QED) is 0.219. The number of carbonyl (C=O) groups is 1. The molecule has 0 bridgehead atoms. The summed E-state index contributed by atoms with van der Waals surface area (Å²) in [4.78, 5) is 14.7. The number of nitrogens with zero attached hydrogens (tertiary/aromatic N) is 5. The normalized spacial score (nSPS) is 24.3. The van der Waals surface area contributed by atoms with Gasteiger partial charge in [-0.2, -0.15) is 9.49 Å². The van der Waals surface area contributed by atoms with Gasteiger partial charge in [-0.3, -0.25) is 4.79 Å². The Morgan fingerprint density at radius 2 is 1.81 bits per heavy atom. The first-order valence-corrected chi connectivity index (χ1v) is 20.6. The summed E-state index contributed by atoms with van der Waals surface area (Å²) in [5.41, 5.74) is -0.643. The second-order valence-corrected chi connectivity index (χ2v) is 18.9. The Labute approximate surface area is 283 Å². The van der Waals surface area contributed by atoms with Crippen LogP contribution in [-0.2, 0) is 24.7 Å². The lowest BCUT2D eigenvalue weighted by atomic mass is 9.79. The van der Waals surface area contributed by atoms with Crippen LogP contribution in [0.4, 0.5) is 5.00 Å². The number of unbranched alkanes of at least 4 members (excludes halogenated alkanes) is 1. The van der Waals surface area contributed by atoms with Gasteiger partial charge in [-0.15, -0.1) is 5.11 Å². The predicted octanol–water partition coefficient (Wildman–Crippen LogP) is 4.75. The predicted molar refractivity (Wildman–Crippen MR) is 186 cm³/mol. The SMILES string of the molecule is CCN(CCCCS(=O)(=O)NC1CC(C)(C)N([O-])C(C)(C)C1)C1CCC(N=Nc2snc3ccc(S(C)(=O)=O)cc23)C(NC(C)=O)C1. The molecule has 2 fully saturated rings. The van der Waals surface area contributed by atoms with Gasteiger partial charge in [-0.25, -0.2) is 21.6 Å². The van der Waals surface area contributed by atoms with Crippen LogP contribution in [0.3, 0.4) is 0 Å². The summed E-state index contributed by atoms with van der Waals surface area (Å²) in [5, 5.41) is 27.0. The van der Waals surface area contributed by atoms with Crippen LogP contribution in [0.5, 0.6) is 0 Å². The van der Waals surface area contributed by atoms with E-state index in [4.69, 9.17) is 0 Å². The minimum absolute atomic E-state index is 0.0303. The van der Waals surface area contributed by atoms with Crippen molar-refractivity contribution in [3.63, 3.8) is 0 Å². The molecule has 2 N–H and O–H groups in total. The van der Waals surface area contributed by atoms with Crippen molar-refractivity contribution in [2.24, 2.45) is 10.2 Å². The van der Waals surface area contributed by atoms with Gasteiger partial charge in [0, 0.05) is 41.7 Å². The topological polar surface area (TPSA) is 177 Å². The van der Waals surface area contributed by atoms with Gasteiger partial charge >= 0.3 is 0 Å². The highest BCUT2D eigenvalue weighted by molar-refractivity contribution is 7.90. The van der Waals surface area contributed by atoms with E-state index in [0.717, 1.165) is 42.4 Å². The Morgan fingerprint density at radius 1 is 1.13 bits per heavy atom. The summed E-state index contributed by atoms with van der Waals surface area (Å²) in [6.07, 6.45) is 5.55. The largest absolute Gasteiger partial charge is 0.784 e. The molecule has 0 spiro atoms. The van der Waals surface area contributed by atoms with Gasteiger partial charge in [0.2, 0.25) is 15.9 Å². The average molecular weight is 713 g/mol. The number of hydroxylamine groups is 2.